The van der Waals surface area contributed by atoms with Crippen LogP contribution in [-0.2, 0) is 4.79 Å². The predicted octanol–water partition coefficient (Wildman–Crippen LogP) is 0.900. The number of hydrogen-bond acceptors (Lipinski definition) is 7. The van der Waals surface area contributed by atoms with Crippen molar-refractivity contribution in [3.8, 4) is 0 Å². The molecule has 0 radical (unpaired) electrons. The smallest absolute Gasteiger partial charge is 0.327 e. The molecule has 0 saturated carbocycles. The summed E-state index contributed by atoms with van der Waals surface area (Å²) in [5.41, 5.74) is 1.36. The maximum Gasteiger partial charge on any atom is 0.327 e. The molecule has 10 heteroatoms. The average Bonchev–Trinajstić information content (AvgIpc) is 2.38. The molecule has 1 unspecified atom stereocenters. The van der Waals surface area contributed by atoms with Gasteiger partial charge in [0, 0.05) is 6.07 Å². The molecule has 1 aromatic carbocycles. The van der Waals surface area contributed by atoms with Gasteiger partial charge in [-0.05, 0) is 13.0 Å². The molecule has 0 bridgehead atoms. The van der Waals surface area contributed by atoms with Crippen molar-refractivity contribution in [2.45, 2.75) is 13.0 Å². The highest BCUT2D eigenvalue weighted by atomic mass is 16.6. The number of carboxylic acid groups (broad SMARTS) is 1. The van der Waals surface area contributed by atoms with Crippen LogP contribution in [-0.4, -0.2) is 33.2 Å². The molecule has 1 atom stereocenters. The highest BCUT2D eigenvalue weighted by Crippen LogP contribution is 2.23. The van der Waals surface area contributed by atoms with E-state index in [1.165, 1.54) is 6.92 Å². The third-order valence-corrected chi connectivity index (χ3v) is 2.26. The van der Waals surface area contributed by atoms with Crippen LogP contribution in [0.2, 0.25) is 0 Å². The van der Waals surface area contributed by atoms with E-state index in [-0.39, 0.29) is 5.56 Å². The summed E-state index contributed by atoms with van der Waals surface area (Å²) in [7, 11) is 0. The number of hydrazone groups is 1. The van der Waals surface area contributed by atoms with Crippen LogP contribution in [0.15, 0.2) is 23.3 Å². The van der Waals surface area contributed by atoms with Gasteiger partial charge in [0.05, 0.1) is 27.7 Å². The van der Waals surface area contributed by atoms with E-state index >= 15 is 0 Å². The molecule has 2 N–H and O–H groups in total. The minimum absolute atomic E-state index is 0.0192. The van der Waals surface area contributed by atoms with Crippen molar-refractivity contribution in [2.24, 2.45) is 5.10 Å². The molecule has 0 spiro atoms. The fraction of sp³-hybridized carbons (Fsp3) is 0.200. The Kier molecular flexibility index (Phi) is 4.67. The van der Waals surface area contributed by atoms with Gasteiger partial charge in [0.2, 0.25) is 0 Å². The topological polar surface area (TPSA) is 148 Å². The van der Waals surface area contributed by atoms with Crippen LogP contribution in [0.4, 0.5) is 11.4 Å². The second-order valence-corrected chi connectivity index (χ2v) is 3.70. The van der Waals surface area contributed by atoms with E-state index in [0.717, 1.165) is 24.4 Å². The number of hydrogen-bond donors (Lipinski definition) is 2. The van der Waals surface area contributed by atoms with Gasteiger partial charge in [-0.2, -0.15) is 5.10 Å². The lowest BCUT2D eigenvalue weighted by molar-refractivity contribution is -0.394. The van der Waals surface area contributed by atoms with Crippen molar-refractivity contribution < 1.29 is 19.7 Å². The molecule has 1 rings (SSSR count). The summed E-state index contributed by atoms with van der Waals surface area (Å²) in [5.74, 6) is -1.14. The Balaban J connectivity index is 3.00. The van der Waals surface area contributed by atoms with Crippen molar-refractivity contribution in [3.05, 3.63) is 44.0 Å². The molecule has 0 heterocycles. The number of carbonyl (C=O) groups is 1. The van der Waals surface area contributed by atoms with E-state index in [9.17, 15) is 25.0 Å². The summed E-state index contributed by atoms with van der Waals surface area (Å²) in [5, 5.41) is 33.5. The lowest BCUT2D eigenvalue weighted by Gasteiger charge is -2.04. The summed E-state index contributed by atoms with van der Waals surface area (Å²) >= 11 is 0. The van der Waals surface area contributed by atoms with Crippen molar-refractivity contribution >= 4 is 23.6 Å². The Morgan fingerprint density at radius 1 is 1.40 bits per heavy atom. The molecular weight excluding hydrogens is 272 g/mol. The first-order valence-electron chi connectivity index (χ1n) is 5.27. The second kappa shape index (κ2) is 6.22. The van der Waals surface area contributed by atoms with E-state index in [2.05, 4.69) is 10.5 Å². The first-order chi connectivity index (χ1) is 9.32. The van der Waals surface area contributed by atoms with Gasteiger partial charge in [-0.25, -0.2) is 4.79 Å². The fourth-order valence-corrected chi connectivity index (χ4v) is 1.19. The standard InChI is InChI=1S/C10H10N4O6/c1-6(10(15)16)12-11-5-7-2-3-8(13(17)18)4-9(7)14(19)20/h2-6,12H,1H3,(H,15,16). The van der Waals surface area contributed by atoms with Crippen LogP contribution in [0.5, 0.6) is 0 Å². The van der Waals surface area contributed by atoms with Crippen LogP contribution >= 0.6 is 0 Å². The number of nitrogens with one attached hydrogen (secondary N) is 1. The van der Waals surface area contributed by atoms with Crippen molar-refractivity contribution in [1.29, 1.82) is 0 Å². The van der Waals surface area contributed by atoms with Gasteiger partial charge in [0.25, 0.3) is 11.4 Å². The van der Waals surface area contributed by atoms with Crippen LogP contribution in [0, 0.1) is 20.2 Å². The van der Waals surface area contributed by atoms with E-state index in [1.54, 1.807) is 0 Å². The maximum atomic E-state index is 10.8. The monoisotopic (exact) mass is 282 g/mol. The molecule has 0 aliphatic heterocycles. The minimum atomic E-state index is -1.14. The molecule has 10 nitrogen and oxygen atoms in total. The largest absolute Gasteiger partial charge is 0.480 e. The van der Waals surface area contributed by atoms with Gasteiger partial charge in [0.15, 0.2) is 0 Å². The minimum Gasteiger partial charge on any atom is -0.480 e. The third-order valence-electron chi connectivity index (χ3n) is 2.26. The molecule has 0 amide bonds. The van der Waals surface area contributed by atoms with E-state index < -0.39 is 33.2 Å². The summed E-state index contributed by atoms with van der Waals surface area (Å²) < 4.78 is 0. The molecule has 106 valence electrons. The zero-order chi connectivity index (χ0) is 15.3. The lowest BCUT2D eigenvalue weighted by Crippen LogP contribution is -2.29. The Bertz CT molecular complexity index is 585. The van der Waals surface area contributed by atoms with E-state index in [4.69, 9.17) is 5.11 Å². The zero-order valence-corrected chi connectivity index (χ0v) is 10.2. The number of rotatable bonds is 6. The number of aliphatic carboxylic acids is 1. The van der Waals surface area contributed by atoms with E-state index in [0.29, 0.717) is 0 Å². The highest BCUT2D eigenvalue weighted by Gasteiger charge is 2.18. The quantitative estimate of drug-likeness (QED) is 0.447. The van der Waals surface area contributed by atoms with Gasteiger partial charge >= 0.3 is 5.97 Å². The molecule has 0 saturated heterocycles. The van der Waals surface area contributed by atoms with Crippen LogP contribution in [0.25, 0.3) is 0 Å². The first kappa shape index (κ1) is 15.0. The van der Waals surface area contributed by atoms with Crippen LogP contribution < -0.4 is 5.43 Å². The van der Waals surface area contributed by atoms with Gasteiger partial charge in [0.1, 0.15) is 6.04 Å². The van der Waals surface area contributed by atoms with Crippen LogP contribution in [0.1, 0.15) is 12.5 Å². The molecular formula is C10H10N4O6. The Morgan fingerprint density at radius 3 is 2.55 bits per heavy atom. The van der Waals surface area contributed by atoms with Gasteiger partial charge < -0.3 is 5.11 Å². The molecule has 0 aliphatic carbocycles. The Hall–Kier alpha value is -3.04. The van der Waals surface area contributed by atoms with Gasteiger partial charge in [-0.3, -0.25) is 25.7 Å². The number of nitrogens with zero attached hydrogens (tertiary/aromatic N) is 3. The Morgan fingerprint density at radius 2 is 2.05 bits per heavy atom. The maximum absolute atomic E-state index is 10.8. The van der Waals surface area contributed by atoms with Gasteiger partial charge in [-0.15, -0.1) is 0 Å². The normalized spacial score (nSPS) is 12.1. The third kappa shape index (κ3) is 3.73. The number of benzene rings is 1. The molecule has 0 aliphatic rings. The SMILES string of the molecule is CC(NN=Cc1ccc([N+](=O)[O-])cc1[N+](=O)[O-])C(=O)O. The lowest BCUT2D eigenvalue weighted by atomic mass is 10.2. The molecule has 0 fully saturated rings. The predicted molar refractivity (Wildman–Crippen MR) is 67.6 cm³/mol. The summed E-state index contributed by atoms with van der Waals surface area (Å²) in [4.78, 5) is 30.3. The van der Waals surface area contributed by atoms with Crippen molar-refractivity contribution in [2.75, 3.05) is 0 Å². The Labute approximate surface area is 112 Å². The molecule has 1 aromatic rings. The number of nitro groups is 2. The number of carboxylic acids is 1. The van der Waals surface area contributed by atoms with Crippen molar-refractivity contribution in [3.63, 3.8) is 0 Å². The molecule has 0 aromatic heterocycles. The van der Waals surface area contributed by atoms with Gasteiger partial charge in [-0.1, -0.05) is 0 Å². The summed E-state index contributed by atoms with van der Waals surface area (Å²) in [6, 6.07) is 2.09. The first-order valence-corrected chi connectivity index (χ1v) is 5.27. The summed E-state index contributed by atoms with van der Waals surface area (Å²) in [6.45, 7) is 1.34. The van der Waals surface area contributed by atoms with E-state index in [1.807, 2.05) is 0 Å². The molecule has 20 heavy (non-hydrogen) atoms. The highest BCUT2D eigenvalue weighted by molar-refractivity contribution is 5.86. The number of nitro benzene ring substituents is 2. The fourth-order valence-electron chi connectivity index (χ4n) is 1.19. The van der Waals surface area contributed by atoms with Crippen molar-refractivity contribution in [1.82, 2.24) is 5.43 Å². The summed E-state index contributed by atoms with van der Waals surface area (Å²) in [6.07, 6.45) is 1.03. The zero-order valence-electron chi connectivity index (χ0n) is 10.2. The average molecular weight is 282 g/mol. The number of non-ortho nitro benzene ring substituents is 1. The van der Waals surface area contributed by atoms with Crippen LogP contribution in [0.3, 0.4) is 0 Å². The second-order valence-electron chi connectivity index (χ2n) is 3.70.